The number of rotatable bonds is 5. The van der Waals surface area contributed by atoms with Crippen molar-refractivity contribution < 1.29 is 50.5 Å². The second kappa shape index (κ2) is 8.82. The number of halogens is 5. The molecular formula is C15H16F5NO6. The minimum absolute atomic E-state index is 0.316. The van der Waals surface area contributed by atoms with Crippen LogP contribution in [0.15, 0.2) is 0 Å². The number of hydrogen-bond donors (Lipinski definition) is 0. The molecule has 0 aliphatic heterocycles. The molecule has 0 radical (unpaired) electrons. The Hall–Kier alpha value is -2.66. The van der Waals surface area contributed by atoms with Crippen LogP contribution in [0.3, 0.4) is 0 Å². The molecule has 12 heteroatoms. The van der Waals surface area contributed by atoms with Gasteiger partial charge in [0, 0.05) is 5.56 Å². The summed E-state index contributed by atoms with van der Waals surface area (Å²) in [6.07, 6.45) is -12.1. The van der Waals surface area contributed by atoms with E-state index in [9.17, 15) is 31.5 Å². The van der Waals surface area contributed by atoms with Gasteiger partial charge in [-0.3, -0.25) is 0 Å². The first-order valence-corrected chi connectivity index (χ1v) is 7.36. The molecule has 0 amide bonds. The van der Waals surface area contributed by atoms with Gasteiger partial charge in [0.25, 0.3) is 6.43 Å². The SMILES string of the molecule is COC(=O)Oc1c(C(F)F)nc(C(F)(F)F)c(OC(=O)OC)c1CC(C)C. The van der Waals surface area contributed by atoms with Crippen LogP contribution in [-0.2, 0) is 22.1 Å². The van der Waals surface area contributed by atoms with Crippen molar-refractivity contribution in [2.45, 2.75) is 32.9 Å². The summed E-state index contributed by atoms with van der Waals surface area (Å²) >= 11 is 0. The van der Waals surface area contributed by atoms with E-state index in [2.05, 4.69) is 23.9 Å². The molecule has 1 aromatic rings. The number of pyridine rings is 1. The molecule has 0 N–H and O–H groups in total. The summed E-state index contributed by atoms with van der Waals surface area (Å²) in [5, 5.41) is 0. The van der Waals surface area contributed by atoms with Crippen LogP contribution in [0, 0.1) is 5.92 Å². The Balaban J connectivity index is 3.88. The first-order chi connectivity index (χ1) is 12.4. The minimum Gasteiger partial charge on any atom is -0.437 e. The fourth-order valence-corrected chi connectivity index (χ4v) is 2.03. The molecule has 0 fully saturated rings. The lowest BCUT2D eigenvalue weighted by atomic mass is 9.99. The topological polar surface area (TPSA) is 84.0 Å². The van der Waals surface area contributed by atoms with E-state index in [1.807, 2.05) is 0 Å². The molecule has 0 saturated heterocycles. The number of aromatic nitrogens is 1. The van der Waals surface area contributed by atoms with Crippen molar-refractivity contribution in [1.82, 2.24) is 4.98 Å². The van der Waals surface area contributed by atoms with E-state index in [4.69, 9.17) is 0 Å². The van der Waals surface area contributed by atoms with E-state index >= 15 is 0 Å². The van der Waals surface area contributed by atoms with Gasteiger partial charge in [0.05, 0.1) is 14.2 Å². The van der Waals surface area contributed by atoms with Crippen molar-refractivity contribution in [2.24, 2.45) is 5.92 Å². The third kappa shape index (κ3) is 5.66. The molecule has 27 heavy (non-hydrogen) atoms. The average molecular weight is 401 g/mol. The normalized spacial score (nSPS) is 11.5. The molecule has 152 valence electrons. The Bertz CT molecular complexity index is 705. The quantitative estimate of drug-likeness (QED) is 0.530. The lowest BCUT2D eigenvalue weighted by Crippen LogP contribution is -2.21. The highest BCUT2D eigenvalue weighted by Gasteiger charge is 2.42. The molecule has 0 aliphatic rings. The van der Waals surface area contributed by atoms with Crippen molar-refractivity contribution in [2.75, 3.05) is 14.2 Å². The molecule has 1 heterocycles. The second-order valence-corrected chi connectivity index (χ2v) is 5.49. The van der Waals surface area contributed by atoms with Gasteiger partial charge >= 0.3 is 18.5 Å². The highest BCUT2D eigenvalue weighted by atomic mass is 19.4. The fourth-order valence-electron chi connectivity index (χ4n) is 2.03. The van der Waals surface area contributed by atoms with E-state index in [1.54, 1.807) is 13.8 Å². The number of carbonyl (C=O) groups excluding carboxylic acids is 2. The third-order valence-corrected chi connectivity index (χ3v) is 3.02. The fraction of sp³-hybridized carbons (Fsp3) is 0.533. The molecule has 1 rings (SSSR count). The van der Waals surface area contributed by atoms with E-state index in [0.29, 0.717) is 0 Å². The first kappa shape index (κ1) is 22.4. The van der Waals surface area contributed by atoms with Gasteiger partial charge in [-0.05, 0) is 12.3 Å². The van der Waals surface area contributed by atoms with Gasteiger partial charge in [-0.15, -0.1) is 0 Å². The smallest absolute Gasteiger partial charge is 0.437 e. The lowest BCUT2D eigenvalue weighted by molar-refractivity contribution is -0.142. The van der Waals surface area contributed by atoms with Crippen LogP contribution >= 0.6 is 0 Å². The number of methoxy groups -OCH3 is 2. The van der Waals surface area contributed by atoms with E-state index in [1.165, 1.54) is 0 Å². The third-order valence-electron chi connectivity index (χ3n) is 3.02. The van der Waals surface area contributed by atoms with Gasteiger partial charge in [0.1, 0.15) is 0 Å². The molecule has 1 aromatic heterocycles. The number of nitrogens with zero attached hydrogens (tertiary/aromatic N) is 1. The summed E-state index contributed by atoms with van der Waals surface area (Å²) < 4.78 is 84.2. The standard InChI is InChI=1S/C15H16F5NO6/c1-6(2)5-7-9(26-13(22)24-3)8(12(16)17)21-11(15(18,19)20)10(7)27-14(23)25-4/h6,12H,5H2,1-4H3. The van der Waals surface area contributed by atoms with Crippen molar-refractivity contribution in [3.05, 3.63) is 17.0 Å². The summed E-state index contributed by atoms with van der Waals surface area (Å²) in [7, 11) is 1.71. The molecule has 0 atom stereocenters. The average Bonchev–Trinajstić information content (AvgIpc) is 2.55. The van der Waals surface area contributed by atoms with E-state index in [0.717, 1.165) is 14.2 Å². The highest BCUT2D eigenvalue weighted by Crippen LogP contribution is 2.45. The molecule has 0 aromatic carbocycles. The zero-order chi connectivity index (χ0) is 20.9. The Labute approximate surface area is 150 Å². The van der Waals surface area contributed by atoms with Crippen LogP contribution < -0.4 is 9.47 Å². The molecule has 0 aliphatic carbocycles. The second-order valence-electron chi connectivity index (χ2n) is 5.49. The molecule has 0 unspecified atom stereocenters. The van der Waals surface area contributed by atoms with Gasteiger partial charge in [-0.2, -0.15) is 13.2 Å². The number of alkyl halides is 5. The molecule has 0 bridgehead atoms. The zero-order valence-electron chi connectivity index (χ0n) is 14.6. The summed E-state index contributed by atoms with van der Waals surface area (Å²) in [5.41, 5.74) is -3.92. The predicted octanol–water partition coefficient (Wildman–Crippen LogP) is 4.53. The maximum Gasteiger partial charge on any atom is 0.513 e. The zero-order valence-corrected chi connectivity index (χ0v) is 14.6. The van der Waals surface area contributed by atoms with Gasteiger partial charge in [-0.1, -0.05) is 13.8 Å². The predicted molar refractivity (Wildman–Crippen MR) is 78.8 cm³/mol. The van der Waals surface area contributed by atoms with Crippen LogP contribution in [0.2, 0.25) is 0 Å². The Morgan fingerprint density at radius 2 is 1.48 bits per heavy atom. The van der Waals surface area contributed by atoms with Crippen LogP contribution in [0.5, 0.6) is 11.5 Å². The van der Waals surface area contributed by atoms with E-state index in [-0.39, 0.29) is 6.42 Å². The monoisotopic (exact) mass is 401 g/mol. The summed E-state index contributed by atoms with van der Waals surface area (Å²) in [5.74, 6) is -2.57. The summed E-state index contributed by atoms with van der Waals surface area (Å²) in [6, 6.07) is 0. The van der Waals surface area contributed by atoms with Crippen LogP contribution in [0.1, 0.15) is 37.2 Å². The number of hydrogen-bond acceptors (Lipinski definition) is 7. The molecule has 0 saturated carbocycles. The minimum atomic E-state index is -5.25. The van der Waals surface area contributed by atoms with Crippen molar-refractivity contribution in [3.8, 4) is 11.5 Å². The highest BCUT2D eigenvalue weighted by molar-refractivity contribution is 5.69. The Kier molecular flexibility index (Phi) is 7.31. The van der Waals surface area contributed by atoms with Crippen molar-refractivity contribution >= 4 is 12.3 Å². The first-order valence-electron chi connectivity index (χ1n) is 7.36. The Morgan fingerprint density at radius 1 is 1.00 bits per heavy atom. The lowest BCUT2D eigenvalue weighted by Gasteiger charge is -2.21. The van der Waals surface area contributed by atoms with Crippen LogP contribution in [-0.4, -0.2) is 31.5 Å². The van der Waals surface area contributed by atoms with Crippen molar-refractivity contribution in [1.29, 1.82) is 0 Å². The maximum absolute atomic E-state index is 13.4. The van der Waals surface area contributed by atoms with Gasteiger partial charge < -0.3 is 18.9 Å². The summed E-state index contributed by atoms with van der Waals surface area (Å²) in [4.78, 5) is 25.6. The summed E-state index contributed by atoms with van der Waals surface area (Å²) in [6.45, 7) is 3.11. The molecular weight excluding hydrogens is 385 g/mol. The van der Waals surface area contributed by atoms with Gasteiger partial charge in [0.2, 0.25) is 0 Å². The number of ether oxygens (including phenoxy) is 4. The van der Waals surface area contributed by atoms with Crippen molar-refractivity contribution in [3.63, 3.8) is 0 Å². The largest absolute Gasteiger partial charge is 0.513 e. The van der Waals surface area contributed by atoms with Crippen LogP contribution in [0.25, 0.3) is 0 Å². The van der Waals surface area contributed by atoms with Gasteiger partial charge in [0.15, 0.2) is 22.9 Å². The van der Waals surface area contributed by atoms with Crippen LogP contribution in [0.4, 0.5) is 31.5 Å². The Morgan fingerprint density at radius 3 is 1.85 bits per heavy atom. The molecule has 0 spiro atoms. The van der Waals surface area contributed by atoms with Gasteiger partial charge in [-0.25, -0.2) is 23.4 Å². The van der Waals surface area contributed by atoms with E-state index < -0.39 is 59.3 Å². The maximum atomic E-state index is 13.4. The molecule has 7 nitrogen and oxygen atoms in total. The number of carbonyl (C=O) groups is 2.